The Morgan fingerprint density at radius 3 is 2.41 bits per heavy atom. The third-order valence-electron chi connectivity index (χ3n) is 2.79. The highest BCUT2D eigenvalue weighted by molar-refractivity contribution is 5.95. The summed E-state index contributed by atoms with van der Waals surface area (Å²) >= 11 is 0. The van der Waals surface area contributed by atoms with Gasteiger partial charge in [0.2, 0.25) is 0 Å². The molecule has 0 aliphatic rings. The molecular formula is C15H14N2O5. The van der Waals surface area contributed by atoms with Gasteiger partial charge in [-0.15, -0.1) is 0 Å². The number of hydrogen-bond acceptors (Lipinski definition) is 5. The van der Waals surface area contributed by atoms with Crippen LogP contribution in [0.3, 0.4) is 0 Å². The minimum Gasteiger partial charge on any atom is -0.407 e. The van der Waals surface area contributed by atoms with Gasteiger partial charge in [-0.3, -0.25) is 19.6 Å². The van der Waals surface area contributed by atoms with Crippen LogP contribution in [0.5, 0.6) is 5.75 Å². The lowest BCUT2D eigenvalue weighted by Crippen LogP contribution is -2.30. The Hall–Kier alpha value is -2.93. The van der Waals surface area contributed by atoms with E-state index in [2.05, 4.69) is 0 Å². The third-order valence-corrected chi connectivity index (χ3v) is 2.79. The van der Waals surface area contributed by atoms with Crippen molar-refractivity contribution >= 4 is 5.91 Å². The van der Waals surface area contributed by atoms with E-state index in [-0.39, 0.29) is 17.9 Å². The summed E-state index contributed by atoms with van der Waals surface area (Å²) in [5.74, 6) is -0.731. The lowest BCUT2D eigenvalue weighted by molar-refractivity contribution is -0.621. The Kier molecular flexibility index (Phi) is 5.05. The summed E-state index contributed by atoms with van der Waals surface area (Å²) in [4.78, 5) is 21.6. The van der Waals surface area contributed by atoms with E-state index in [1.54, 1.807) is 36.4 Å². The predicted octanol–water partition coefficient (Wildman–Crippen LogP) is 1.94. The summed E-state index contributed by atoms with van der Waals surface area (Å²) in [6, 6.07) is 15.0. The Labute approximate surface area is 126 Å². The first-order valence-corrected chi connectivity index (χ1v) is 6.42. The van der Waals surface area contributed by atoms with Crippen molar-refractivity contribution in [3.63, 3.8) is 0 Å². The average molecular weight is 302 g/mol. The van der Waals surface area contributed by atoms with Gasteiger partial charge >= 0.3 is 6.41 Å². The molecule has 1 amide bonds. The zero-order valence-corrected chi connectivity index (χ0v) is 11.5. The smallest absolute Gasteiger partial charge is 0.407 e. The van der Waals surface area contributed by atoms with Gasteiger partial charge < -0.3 is 10.5 Å². The fraction of sp³-hybridized carbons (Fsp3) is 0.133. The molecule has 1 unspecified atom stereocenters. The zero-order valence-electron chi connectivity index (χ0n) is 11.5. The van der Waals surface area contributed by atoms with Gasteiger partial charge in [0.1, 0.15) is 5.75 Å². The number of rotatable bonds is 7. The lowest BCUT2D eigenvalue weighted by atomic mass is 10.2. The first-order chi connectivity index (χ1) is 10.6. The van der Waals surface area contributed by atoms with Crippen LogP contribution < -0.4 is 10.5 Å². The van der Waals surface area contributed by atoms with E-state index in [0.29, 0.717) is 0 Å². The van der Waals surface area contributed by atoms with E-state index in [0.717, 1.165) is 5.56 Å². The van der Waals surface area contributed by atoms with Crippen LogP contribution >= 0.6 is 0 Å². The molecule has 0 fully saturated rings. The van der Waals surface area contributed by atoms with Gasteiger partial charge in [0.15, 0.2) is 0 Å². The summed E-state index contributed by atoms with van der Waals surface area (Å²) < 4.78 is 10.3. The fourth-order valence-electron chi connectivity index (χ4n) is 1.76. The number of carbonyl (C=O) groups is 1. The first-order valence-electron chi connectivity index (χ1n) is 6.42. The Balaban J connectivity index is 2.09. The minimum absolute atomic E-state index is 0.00441. The Morgan fingerprint density at radius 1 is 1.14 bits per heavy atom. The molecule has 0 saturated carbocycles. The van der Waals surface area contributed by atoms with Crippen molar-refractivity contribution in [3.8, 4) is 5.75 Å². The molecule has 0 radical (unpaired) electrons. The summed E-state index contributed by atoms with van der Waals surface area (Å²) in [5, 5.41) is 11.0. The first kappa shape index (κ1) is 15.5. The molecule has 22 heavy (non-hydrogen) atoms. The van der Waals surface area contributed by atoms with Gasteiger partial charge in [0.25, 0.3) is 5.91 Å². The van der Waals surface area contributed by atoms with Crippen molar-refractivity contribution in [2.45, 2.75) is 13.0 Å². The van der Waals surface area contributed by atoms with Crippen LogP contribution in [0.15, 0.2) is 54.6 Å². The fourth-order valence-corrected chi connectivity index (χ4v) is 1.76. The summed E-state index contributed by atoms with van der Waals surface area (Å²) in [7, 11) is 0. The van der Waals surface area contributed by atoms with Crippen LogP contribution in [-0.4, -0.2) is 17.2 Å². The van der Waals surface area contributed by atoms with Gasteiger partial charge in [-0.1, -0.05) is 42.5 Å². The van der Waals surface area contributed by atoms with Crippen molar-refractivity contribution in [2.75, 3.05) is 0 Å². The van der Waals surface area contributed by atoms with Crippen LogP contribution in [0.2, 0.25) is 0 Å². The van der Waals surface area contributed by atoms with E-state index in [1.807, 2.05) is 6.07 Å². The van der Waals surface area contributed by atoms with Crippen LogP contribution in [0.25, 0.3) is 0 Å². The molecule has 2 aromatic rings. The number of ether oxygens (including phenoxy) is 2. The number of nitro groups is 1. The van der Waals surface area contributed by atoms with Crippen molar-refractivity contribution in [2.24, 2.45) is 5.73 Å². The lowest BCUT2D eigenvalue weighted by Gasteiger charge is -2.13. The maximum absolute atomic E-state index is 11.3. The molecule has 2 rings (SSSR count). The third kappa shape index (κ3) is 4.03. The standard InChI is InChI=1S/C15H14N2O5/c16-14(18)12-8-4-5-9-13(12)22-15(17(19)20)21-10-11-6-2-1-3-7-11/h1-9,15H,10H2,(H2,16,18). The van der Waals surface area contributed by atoms with E-state index in [9.17, 15) is 14.9 Å². The quantitative estimate of drug-likeness (QED) is 0.478. The number of carbonyl (C=O) groups excluding carboxylic acids is 1. The Morgan fingerprint density at radius 2 is 1.77 bits per heavy atom. The molecule has 1 atom stereocenters. The molecule has 0 aromatic heterocycles. The second-order valence-electron chi connectivity index (χ2n) is 4.37. The number of nitrogens with two attached hydrogens (primary N) is 1. The van der Waals surface area contributed by atoms with Gasteiger partial charge in [0.05, 0.1) is 17.1 Å². The molecule has 2 N–H and O–H groups in total. The topological polar surface area (TPSA) is 105 Å². The highest BCUT2D eigenvalue weighted by atomic mass is 16.8. The monoisotopic (exact) mass is 302 g/mol. The maximum Gasteiger partial charge on any atom is 0.475 e. The van der Waals surface area contributed by atoms with Gasteiger partial charge in [-0.2, -0.15) is 0 Å². The van der Waals surface area contributed by atoms with E-state index in [4.69, 9.17) is 15.2 Å². The number of nitrogens with zero attached hydrogens (tertiary/aromatic N) is 1. The van der Waals surface area contributed by atoms with Crippen LogP contribution in [-0.2, 0) is 11.3 Å². The van der Waals surface area contributed by atoms with E-state index < -0.39 is 17.2 Å². The zero-order chi connectivity index (χ0) is 15.9. The van der Waals surface area contributed by atoms with Crippen molar-refractivity contribution in [1.29, 1.82) is 0 Å². The maximum atomic E-state index is 11.3. The van der Waals surface area contributed by atoms with E-state index >= 15 is 0 Å². The normalized spacial score (nSPS) is 11.6. The molecule has 0 aliphatic carbocycles. The molecule has 7 nitrogen and oxygen atoms in total. The SMILES string of the molecule is NC(=O)c1ccccc1OC(OCc1ccccc1)[N+](=O)[O-]. The van der Waals surface area contributed by atoms with Crippen molar-refractivity contribution in [3.05, 3.63) is 75.8 Å². The predicted molar refractivity (Wildman–Crippen MR) is 77.6 cm³/mol. The molecule has 0 heterocycles. The average Bonchev–Trinajstić information content (AvgIpc) is 2.52. The number of para-hydroxylation sites is 1. The summed E-state index contributed by atoms with van der Waals surface area (Å²) in [6.07, 6.45) is -1.74. The summed E-state index contributed by atoms with van der Waals surface area (Å²) in [6.45, 7) is 0.00518. The molecule has 0 spiro atoms. The molecule has 2 aromatic carbocycles. The van der Waals surface area contributed by atoms with Crippen molar-refractivity contribution in [1.82, 2.24) is 0 Å². The van der Waals surface area contributed by atoms with Crippen molar-refractivity contribution < 1.29 is 19.2 Å². The molecule has 0 bridgehead atoms. The van der Waals surface area contributed by atoms with Gasteiger partial charge in [0, 0.05) is 0 Å². The highest BCUT2D eigenvalue weighted by Gasteiger charge is 2.25. The molecule has 0 saturated heterocycles. The number of primary amides is 1. The van der Waals surface area contributed by atoms with Crippen LogP contribution in [0.4, 0.5) is 0 Å². The second-order valence-corrected chi connectivity index (χ2v) is 4.37. The van der Waals surface area contributed by atoms with Gasteiger partial charge in [-0.25, -0.2) is 0 Å². The van der Waals surface area contributed by atoms with E-state index in [1.165, 1.54) is 12.1 Å². The summed E-state index contributed by atoms with van der Waals surface area (Å²) in [5.41, 5.74) is 6.02. The molecular weight excluding hydrogens is 288 g/mol. The largest absolute Gasteiger partial charge is 0.475 e. The second kappa shape index (κ2) is 7.19. The molecule has 114 valence electrons. The van der Waals surface area contributed by atoms with Crippen LogP contribution in [0.1, 0.15) is 15.9 Å². The number of hydrogen-bond donors (Lipinski definition) is 1. The number of amides is 1. The molecule has 0 aliphatic heterocycles. The number of benzene rings is 2. The molecule has 7 heteroatoms. The minimum atomic E-state index is -1.74. The Bertz CT molecular complexity index is 660. The van der Waals surface area contributed by atoms with Crippen LogP contribution in [0, 0.1) is 10.1 Å². The highest BCUT2D eigenvalue weighted by Crippen LogP contribution is 2.19. The van der Waals surface area contributed by atoms with Gasteiger partial charge in [-0.05, 0) is 17.7 Å².